The number of fused-ring (bicyclic) bond motifs is 2. The van der Waals surface area contributed by atoms with Crippen LogP contribution in [-0.2, 0) is 14.3 Å². The maximum absolute atomic E-state index is 15.1. The number of ether oxygens (including phenoxy) is 2. The first-order valence-electron chi connectivity index (χ1n) is 15.0. The molecule has 1 aromatic rings. The molecule has 1 aromatic carbocycles. The highest BCUT2D eigenvalue weighted by Gasteiger charge is 2.58. The predicted molar refractivity (Wildman–Crippen MR) is 154 cm³/mol. The number of nitriles is 1. The molecule has 5 heterocycles. The third kappa shape index (κ3) is 5.15. The Morgan fingerprint density at radius 3 is 2.57 bits per heavy atom. The molecule has 0 radical (unpaired) electrons. The summed E-state index contributed by atoms with van der Waals surface area (Å²) in [7, 11) is 0. The van der Waals surface area contributed by atoms with Crippen LogP contribution in [0.15, 0.2) is 40.6 Å². The van der Waals surface area contributed by atoms with Gasteiger partial charge in [0.25, 0.3) is 0 Å². The molecule has 5 aliphatic rings. The van der Waals surface area contributed by atoms with E-state index in [2.05, 4.69) is 16.3 Å². The van der Waals surface area contributed by atoms with E-state index in [1.54, 1.807) is 0 Å². The average Bonchev–Trinajstić information content (AvgIpc) is 3.55. The van der Waals surface area contributed by atoms with Crippen LogP contribution in [-0.4, -0.2) is 78.9 Å². The highest BCUT2D eigenvalue weighted by molar-refractivity contribution is 6.31. The third-order valence-electron chi connectivity index (χ3n) is 10.1. The van der Waals surface area contributed by atoms with Gasteiger partial charge in [-0.2, -0.15) is 5.26 Å². The lowest BCUT2D eigenvalue weighted by molar-refractivity contribution is -0.144. The lowest BCUT2D eigenvalue weighted by Gasteiger charge is -2.44. The molecule has 0 aromatic heterocycles. The van der Waals surface area contributed by atoms with Gasteiger partial charge in [-0.1, -0.05) is 17.7 Å². The molecule has 0 saturated carbocycles. The van der Waals surface area contributed by atoms with Crippen LogP contribution in [0.1, 0.15) is 57.9 Å². The van der Waals surface area contributed by atoms with E-state index in [4.69, 9.17) is 21.1 Å². The van der Waals surface area contributed by atoms with Crippen molar-refractivity contribution in [1.29, 1.82) is 5.26 Å². The van der Waals surface area contributed by atoms with Crippen molar-refractivity contribution >= 4 is 17.5 Å². The summed E-state index contributed by atoms with van der Waals surface area (Å²) >= 11 is 6.50. The van der Waals surface area contributed by atoms with Crippen LogP contribution in [0.2, 0.25) is 0 Å². The quantitative estimate of drug-likeness (QED) is 0.533. The Labute approximate surface area is 251 Å². The molecule has 1 amide bonds. The van der Waals surface area contributed by atoms with Crippen molar-refractivity contribution in [3.05, 3.63) is 57.8 Å². The summed E-state index contributed by atoms with van der Waals surface area (Å²) in [6.45, 7) is 9.14. The largest absolute Gasteiger partial charge is 0.381 e. The minimum Gasteiger partial charge on any atom is -0.381 e. The number of nitrogens with zero attached hydrogens (tertiary/aromatic N) is 3. The summed E-state index contributed by atoms with van der Waals surface area (Å²) in [6.07, 6.45) is 4.49. The number of rotatable bonds is 4. The molecule has 7 nitrogen and oxygen atoms in total. The van der Waals surface area contributed by atoms with Crippen LogP contribution in [0.4, 0.5) is 8.78 Å². The van der Waals surface area contributed by atoms with Crippen molar-refractivity contribution < 1.29 is 23.0 Å². The zero-order valence-corrected chi connectivity index (χ0v) is 25.2. The summed E-state index contributed by atoms with van der Waals surface area (Å²) in [6, 6.07) is 6.25. The topological polar surface area (TPSA) is 77.8 Å². The number of piperidine rings is 1. The molecule has 6 rings (SSSR count). The molecular formula is C32H39ClF2N4O3. The second kappa shape index (κ2) is 11.2. The van der Waals surface area contributed by atoms with Gasteiger partial charge in [-0.15, -0.1) is 0 Å². The SMILES string of the molecule is CC1=C(Cl)C=C2C(C(C)(C)C#N)OC3(CCN(C(=O)[C@@H]4CN(C5CCOCC5)C[C@H]4c4ccc(F)cc4F)CC3)C2N1. The molecule has 1 N–H and O–H groups in total. The van der Waals surface area contributed by atoms with E-state index < -0.39 is 34.7 Å². The van der Waals surface area contributed by atoms with Gasteiger partial charge in [-0.25, -0.2) is 8.78 Å². The highest BCUT2D eigenvalue weighted by Crippen LogP contribution is 2.50. The van der Waals surface area contributed by atoms with Crippen LogP contribution in [0, 0.1) is 34.3 Å². The number of halogens is 3. The fraction of sp³-hybridized carbons (Fsp3) is 0.625. The molecule has 1 spiro atoms. The molecule has 226 valence electrons. The fourth-order valence-electron chi connectivity index (χ4n) is 7.66. The van der Waals surface area contributed by atoms with Gasteiger partial charge in [0.05, 0.1) is 40.2 Å². The number of nitrogens with one attached hydrogen (secondary N) is 1. The van der Waals surface area contributed by atoms with E-state index in [1.807, 2.05) is 31.7 Å². The number of likely N-dealkylation sites (tertiary alicyclic amines) is 2. The second-order valence-electron chi connectivity index (χ2n) is 13.1. The normalized spacial score (nSPS) is 30.2. The van der Waals surface area contributed by atoms with Crippen LogP contribution < -0.4 is 5.32 Å². The summed E-state index contributed by atoms with van der Waals surface area (Å²) in [5.41, 5.74) is 0.914. The molecule has 4 fully saturated rings. The standard InChI is InChI=1S/C32H39ClF2N4O3/c1-19-26(33)15-23-28(37-19)32(42-29(23)31(2,3)18-36)8-10-38(11-9-32)30(40)25-17-39(21-6-12-41-13-7-21)16-24(25)22-5-4-20(34)14-27(22)35/h4-5,14-15,21,24-25,28-29,37H,6-13,16-17H2,1-3H3/t24-,25+,28?,29?/m0/s1. The average molecular weight is 601 g/mol. The Morgan fingerprint density at radius 2 is 1.90 bits per heavy atom. The van der Waals surface area contributed by atoms with E-state index in [0.717, 1.165) is 30.2 Å². The van der Waals surface area contributed by atoms with Gasteiger partial charge < -0.3 is 19.7 Å². The van der Waals surface area contributed by atoms with E-state index >= 15 is 4.39 Å². The third-order valence-corrected chi connectivity index (χ3v) is 10.5. The summed E-state index contributed by atoms with van der Waals surface area (Å²) in [5, 5.41) is 14.1. The summed E-state index contributed by atoms with van der Waals surface area (Å²) < 4.78 is 41.2. The molecule has 4 atom stereocenters. The number of hydrogen-bond acceptors (Lipinski definition) is 6. The number of dihydropyridines is 1. The minimum atomic E-state index is -0.755. The van der Waals surface area contributed by atoms with Crippen LogP contribution in [0.25, 0.3) is 0 Å². The maximum atomic E-state index is 15.1. The Hall–Kier alpha value is -2.51. The van der Waals surface area contributed by atoms with Crippen molar-refractivity contribution in [2.45, 2.75) is 76.2 Å². The Bertz CT molecular complexity index is 1340. The summed E-state index contributed by atoms with van der Waals surface area (Å²) in [4.78, 5) is 18.4. The number of carbonyl (C=O) groups is 1. The fourth-order valence-corrected chi connectivity index (χ4v) is 7.84. The molecule has 10 heteroatoms. The number of allylic oxidation sites excluding steroid dienone is 3. The molecule has 5 aliphatic heterocycles. The highest BCUT2D eigenvalue weighted by atomic mass is 35.5. The Kier molecular flexibility index (Phi) is 7.88. The van der Waals surface area contributed by atoms with Crippen LogP contribution >= 0.6 is 11.6 Å². The van der Waals surface area contributed by atoms with Crippen LogP contribution in [0.5, 0.6) is 0 Å². The molecule has 42 heavy (non-hydrogen) atoms. The zero-order valence-electron chi connectivity index (χ0n) is 24.5. The van der Waals surface area contributed by atoms with Crippen molar-refractivity contribution in [1.82, 2.24) is 15.1 Å². The number of hydrogen-bond donors (Lipinski definition) is 1. The first-order chi connectivity index (χ1) is 20.0. The number of carbonyl (C=O) groups excluding carboxylic acids is 1. The molecular weight excluding hydrogens is 562 g/mol. The zero-order chi connectivity index (χ0) is 29.8. The van der Waals surface area contributed by atoms with Crippen molar-refractivity contribution in [2.24, 2.45) is 11.3 Å². The van der Waals surface area contributed by atoms with Gasteiger partial charge in [0.15, 0.2) is 0 Å². The van der Waals surface area contributed by atoms with Crippen molar-refractivity contribution in [3.63, 3.8) is 0 Å². The lowest BCUT2D eigenvalue weighted by atomic mass is 9.77. The van der Waals surface area contributed by atoms with Gasteiger partial charge in [0, 0.05) is 63.1 Å². The summed E-state index contributed by atoms with van der Waals surface area (Å²) in [5.74, 6) is -2.00. The first kappa shape index (κ1) is 29.6. The Balaban J connectivity index is 1.22. The minimum absolute atomic E-state index is 0.00604. The lowest BCUT2D eigenvalue weighted by Crippen LogP contribution is -2.56. The smallest absolute Gasteiger partial charge is 0.227 e. The van der Waals surface area contributed by atoms with Gasteiger partial charge in [0.1, 0.15) is 11.6 Å². The van der Waals surface area contributed by atoms with E-state index in [-0.39, 0.29) is 23.9 Å². The van der Waals surface area contributed by atoms with Crippen molar-refractivity contribution in [3.8, 4) is 6.07 Å². The van der Waals surface area contributed by atoms with Crippen LogP contribution in [0.3, 0.4) is 0 Å². The van der Waals surface area contributed by atoms with E-state index in [9.17, 15) is 14.4 Å². The van der Waals surface area contributed by atoms with E-state index in [1.165, 1.54) is 12.1 Å². The number of amides is 1. The van der Waals surface area contributed by atoms with Gasteiger partial charge in [-0.3, -0.25) is 9.69 Å². The predicted octanol–water partition coefficient (Wildman–Crippen LogP) is 4.84. The molecule has 2 unspecified atom stereocenters. The monoisotopic (exact) mass is 600 g/mol. The molecule has 0 aliphatic carbocycles. The Morgan fingerprint density at radius 1 is 1.19 bits per heavy atom. The molecule has 4 saturated heterocycles. The first-order valence-corrected chi connectivity index (χ1v) is 15.4. The van der Waals surface area contributed by atoms with Gasteiger partial charge in [-0.05, 0) is 69.7 Å². The van der Waals surface area contributed by atoms with Crippen molar-refractivity contribution in [2.75, 3.05) is 39.4 Å². The van der Waals surface area contributed by atoms with Gasteiger partial charge >= 0.3 is 0 Å². The molecule has 0 bridgehead atoms. The van der Waals surface area contributed by atoms with Gasteiger partial charge in [0.2, 0.25) is 5.91 Å². The second-order valence-corrected chi connectivity index (χ2v) is 13.5. The van der Waals surface area contributed by atoms with E-state index in [0.29, 0.717) is 62.8 Å². The number of benzene rings is 1. The maximum Gasteiger partial charge on any atom is 0.227 e.